The Balaban J connectivity index is 1.85. The Bertz CT molecular complexity index is 631. The lowest BCUT2D eigenvalue weighted by molar-refractivity contribution is 0.644. The first-order chi connectivity index (χ1) is 10.6. The van der Waals surface area contributed by atoms with E-state index < -0.39 is 0 Å². The molecule has 118 valence electrons. The minimum Gasteiger partial charge on any atom is -0.354 e. The zero-order chi connectivity index (χ0) is 15.9. The summed E-state index contributed by atoms with van der Waals surface area (Å²) >= 11 is 1.86. The lowest BCUT2D eigenvalue weighted by Crippen LogP contribution is -2.42. The molecule has 0 fully saturated rings. The van der Waals surface area contributed by atoms with Gasteiger partial charge in [-0.25, -0.2) is 0 Å². The summed E-state index contributed by atoms with van der Waals surface area (Å²) in [6, 6.07) is 13.2. The molecule has 0 bridgehead atoms. The number of hydrogen-bond acceptors (Lipinski definition) is 2. The van der Waals surface area contributed by atoms with Crippen LogP contribution in [0.1, 0.15) is 27.8 Å². The van der Waals surface area contributed by atoms with Crippen molar-refractivity contribution in [2.75, 3.05) is 7.05 Å². The number of thiophene rings is 1. The highest BCUT2D eigenvalue weighted by Gasteiger charge is 2.08. The molecule has 3 nitrogen and oxygen atoms in total. The molecule has 2 N–H and O–H groups in total. The van der Waals surface area contributed by atoms with E-state index in [1.807, 2.05) is 18.4 Å². The van der Waals surface area contributed by atoms with Crippen LogP contribution in [-0.2, 0) is 13.0 Å². The number of aryl methyl sites for hydroxylation is 2. The second kappa shape index (κ2) is 7.99. The smallest absolute Gasteiger partial charge is 0.191 e. The Hall–Kier alpha value is -1.81. The van der Waals surface area contributed by atoms with E-state index in [1.54, 1.807) is 0 Å². The summed E-state index contributed by atoms with van der Waals surface area (Å²) in [5, 5.41) is 6.85. The predicted octanol–water partition coefficient (Wildman–Crippen LogP) is 3.66. The van der Waals surface area contributed by atoms with Crippen LogP contribution in [-0.4, -0.2) is 19.0 Å². The standard InChI is InChI=1S/C18H25N3S/c1-13-7-5-6-8-16(13)12-20-18(19-4)21-14(2)11-17-10-9-15(3)22-17/h5-10,14H,11-12H2,1-4H3,(H2,19,20,21). The average Bonchev–Trinajstić information content (AvgIpc) is 2.90. The molecule has 0 amide bonds. The highest BCUT2D eigenvalue weighted by molar-refractivity contribution is 7.11. The summed E-state index contributed by atoms with van der Waals surface area (Å²) in [4.78, 5) is 7.09. The van der Waals surface area contributed by atoms with Crippen molar-refractivity contribution in [3.63, 3.8) is 0 Å². The maximum absolute atomic E-state index is 4.32. The van der Waals surface area contributed by atoms with Gasteiger partial charge in [-0.3, -0.25) is 4.99 Å². The van der Waals surface area contributed by atoms with Crippen LogP contribution in [0.2, 0.25) is 0 Å². The van der Waals surface area contributed by atoms with Crippen LogP contribution in [0, 0.1) is 13.8 Å². The molecular formula is C18H25N3S. The number of nitrogens with one attached hydrogen (secondary N) is 2. The summed E-state index contributed by atoms with van der Waals surface area (Å²) in [6.45, 7) is 7.26. The molecular weight excluding hydrogens is 290 g/mol. The van der Waals surface area contributed by atoms with Gasteiger partial charge in [-0.2, -0.15) is 0 Å². The Morgan fingerprint density at radius 3 is 2.59 bits per heavy atom. The van der Waals surface area contributed by atoms with Crippen molar-refractivity contribution in [3.8, 4) is 0 Å². The van der Waals surface area contributed by atoms with Gasteiger partial charge in [0.2, 0.25) is 0 Å². The van der Waals surface area contributed by atoms with Crippen LogP contribution in [0.25, 0.3) is 0 Å². The third kappa shape index (κ3) is 4.88. The van der Waals surface area contributed by atoms with Gasteiger partial charge in [-0.1, -0.05) is 24.3 Å². The summed E-state index contributed by atoms with van der Waals surface area (Å²) < 4.78 is 0. The second-order valence-electron chi connectivity index (χ2n) is 5.61. The van der Waals surface area contributed by atoms with Gasteiger partial charge in [0, 0.05) is 35.8 Å². The van der Waals surface area contributed by atoms with E-state index in [0.29, 0.717) is 6.04 Å². The molecule has 0 saturated heterocycles. The molecule has 1 aromatic heterocycles. The van der Waals surface area contributed by atoms with Crippen LogP contribution < -0.4 is 10.6 Å². The number of guanidine groups is 1. The molecule has 0 saturated carbocycles. The monoisotopic (exact) mass is 315 g/mol. The molecule has 1 aromatic carbocycles. The van der Waals surface area contributed by atoms with E-state index in [9.17, 15) is 0 Å². The summed E-state index contributed by atoms with van der Waals surface area (Å²) in [6.07, 6.45) is 1.02. The van der Waals surface area contributed by atoms with Crippen LogP contribution in [0.5, 0.6) is 0 Å². The Kier molecular flexibility index (Phi) is 6.01. The molecule has 0 spiro atoms. The minimum atomic E-state index is 0.348. The molecule has 1 atom stereocenters. The van der Waals surface area contributed by atoms with Crippen LogP contribution in [0.3, 0.4) is 0 Å². The van der Waals surface area contributed by atoms with Crippen LogP contribution in [0.15, 0.2) is 41.4 Å². The maximum Gasteiger partial charge on any atom is 0.191 e. The summed E-state index contributed by atoms with van der Waals surface area (Å²) in [7, 11) is 1.81. The van der Waals surface area contributed by atoms with Gasteiger partial charge in [0.05, 0.1) is 0 Å². The quantitative estimate of drug-likeness (QED) is 0.652. The molecule has 1 unspecified atom stereocenters. The van der Waals surface area contributed by atoms with Crippen molar-refractivity contribution in [3.05, 3.63) is 57.3 Å². The van der Waals surface area contributed by atoms with Gasteiger partial charge in [0.25, 0.3) is 0 Å². The Morgan fingerprint density at radius 1 is 1.18 bits per heavy atom. The number of benzene rings is 1. The number of rotatable bonds is 5. The van der Waals surface area contributed by atoms with Gasteiger partial charge in [-0.15, -0.1) is 11.3 Å². The van der Waals surface area contributed by atoms with E-state index in [2.05, 4.69) is 72.8 Å². The van der Waals surface area contributed by atoms with Gasteiger partial charge >= 0.3 is 0 Å². The van der Waals surface area contributed by atoms with E-state index in [4.69, 9.17) is 0 Å². The van der Waals surface area contributed by atoms with E-state index in [1.165, 1.54) is 20.9 Å². The van der Waals surface area contributed by atoms with Crippen molar-refractivity contribution in [1.82, 2.24) is 10.6 Å². The van der Waals surface area contributed by atoms with Gasteiger partial charge in [0.1, 0.15) is 0 Å². The Labute approximate surface area is 137 Å². The third-order valence-corrected chi connectivity index (χ3v) is 4.64. The van der Waals surface area contributed by atoms with Crippen molar-refractivity contribution < 1.29 is 0 Å². The zero-order valence-corrected chi connectivity index (χ0v) is 14.6. The fraction of sp³-hybridized carbons (Fsp3) is 0.389. The number of aliphatic imine (C=N–C) groups is 1. The van der Waals surface area contributed by atoms with Crippen molar-refractivity contribution in [2.45, 2.75) is 39.8 Å². The molecule has 1 heterocycles. The molecule has 2 aromatic rings. The Morgan fingerprint density at radius 2 is 1.95 bits per heavy atom. The average molecular weight is 315 g/mol. The van der Waals surface area contributed by atoms with E-state index in [-0.39, 0.29) is 0 Å². The normalized spacial score (nSPS) is 13.0. The lowest BCUT2D eigenvalue weighted by Gasteiger charge is -2.18. The zero-order valence-electron chi connectivity index (χ0n) is 13.8. The third-order valence-electron chi connectivity index (χ3n) is 3.62. The molecule has 4 heteroatoms. The van der Waals surface area contributed by atoms with Crippen LogP contribution in [0.4, 0.5) is 0 Å². The first-order valence-corrected chi connectivity index (χ1v) is 8.47. The molecule has 2 rings (SSSR count). The van der Waals surface area contributed by atoms with Crippen molar-refractivity contribution >= 4 is 17.3 Å². The molecule has 0 radical (unpaired) electrons. The van der Waals surface area contributed by atoms with Crippen LogP contribution >= 0.6 is 11.3 Å². The van der Waals surface area contributed by atoms with Gasteiger partial charge < -0.3 is 10.6 Å². The SMILES string of the molecule is CN=C(NCc1ccccc1C)NC(C)Cc1ccc(C)s1. The van der Waals surface area contributed by atoms with E-state index >= 15 is 0 Å². The van der Waals surface area contributed by atoms with Crippen molar-refractivity contribution in [1.29, 1.82) is 0 Å². The second-order valence-corrected chi connectivity index (χ2v) is 6.99. The molecule has 0 aliphatic carbocycles. The fourth-order valence-corrected chi connectivity index (χ4v) is 3.38. The maximum atomic E-state index is 4.32. The predicted molar refractivity (Wildman–Crippen MR) is 96.7 cm³/mol. The largest absolute Gasteiger partial charge is 0.354 e. The van der Waals surface area contributed by atoms with Crippen molar-refractivity contribution in [2.24, 2.45) is 4.99 Å². The molecule has 0 aliphatic heterocycles. The number of nitrogens with zero attached hydrogens (tertiary/aromatic N) is 1. The highest BCUT2D eigenvalue weighted by atomic mass is 32.1. The van der Waals surface area contributed by atoms with E-state index in [0.717, 1.165) is 18.9 Å². The highest BCUT2D eigenvalue weighted by Crippen LogP contribution is 2.16. The van der Waals surface area contributed by atoms with Gasteiger partial charge in [-0.05, 0) is 44.0 Å². The lowest BCUT2D eigenvalue weighted by atomic mass is 10.1. The fourth-order valence-electron chi connectivity index (χ4n) is 2.36. The number of hydrogen-bond donors (Lipinski definition) is 2. The molecule has 0 aliphatic rings. The summed E-state index contributed by atoms with van der Waals surface area (Å²) in [5.41, 5.74) is 2.60. The molecule has 22 heavy (non-hydrogen) atoms. The first kappa shape index (κ1) is 16.6. The topological polar surface area (TPSA) is 36.4 Å². The minimum absolute atomic E-state index is 0.348. The summed E-state index contributed by atoms with van der Waals surface area (Å²) in [5.74, 6) is 0.851. The van der Waals surface area contributed by atoms with Gasteiger partial charge in [0.15, 0.2) is 5.96 Å². The first-order valence-electron chi connectivity index (χ1n) is 7.65.